The van der Waals surface area contributed by atoms with Crippen molar-refractivity contribution in [1.82, 2.24) is 5.32 Å². The predicted octanol–water partition coefficient (Wildman–Crippen LogP) is 0.710. The molecule has 0 saturated carbocycles. The first-order valence-electron chi connectivity index (χ1n) is 5.90. The Morgan fingerprint density at radius 1 is 1.26 bits per heavy atom. The summed E-state index contributed by atoms with van der Waals surface area (Å²) < 4.78 is 12.7. The highest BCUT2D eigenvalue weighted by molar-refractivity contribution is 5.83. The van der Waals surface area contributed by atoms with Crippen LogP contribution in [-0.4, -0.2) is 34.7 Å². The molecule has 1 rings (SSSR count). The predicted molar refractivity (Wildman–Crippen MR) is 66.0 cm³/mol. The van der Waals surface area contributed by atoms with Crippen LogP contribution in [0.3, 0.4) is 0 Å². The maximum absolute atomic E-state index is 12.7. The molecule has 0 bridgehead atoms. The molecule has 3 N–H and O–H groups in total. The number of hydrogen-bond donors (Lipinski definition) is 3. The van der Waals surface area contributed by atoms with Crippen molar-refractivity contribution < 1.29 is 24.2 Å². The van der Waals surface area contributed by atoms with Crippen molar-refractivity contribution in [3.05, 3.63) is 35.6 Å². The Morgan fingerprint density at radius 2 is 1.89 bits per heavy atom. The Morgan fingerprint density at radius 3 is 2.42 bits per heavy atom. The van der Waals surface area contributed by atoms with Crippen molar-refractivity contribution in [3.8, 4) is 0 Å². The molecule has 19 heavy (non-hydrogen) atoms. The first kappa shape index (κ1) is 15.1. The molecule has 1 amide bonds. The minimum atomic E-state index is -1.18. The summed E-state index contributed by atoms with van der Waals surface area (Å²) in [7, 11) is 0. The zero-order valence-electron chi connectivity index (χ0n) is 10.3. The summed E-state index contributed by atoms with van der Waals surface area (Å²) in [5.41, 5.74) is 0.797. The third-order valence-corrected chi connectivity index (χ3v) is 2.61. The highest BCUT2D eigenvalue weighted by Gasteiger charge is 2.18. The normalized spacial score (nSPS) is 11.9. The van der Waals surface area contributed by atoms with Crippen LogP contribution in [0.25, 0.3) is 0 Å². The quantitative estimate of drug-likeness (QED) is 0.680. The number of amides is 1. The van der Waals surface area contributed by atoms with Gasteiger partial charge in [0.15, 0.2) is 0 Å². The highest BCUT2D eigenvalue weighted by atomic mass is 19.1. The zero-order chi connectivity index (χ0) is 14.3. The van der Waals surface area contributed by atoms with Gasteiger partial charge in [0.1, 0.15) is 11.9 Å². The van der Waals surface area contributed by atoms with E-state index in [-0.39, 0.29) is 25.3 Å². The van der Waals surface area contributed by atoms with E-state index < -0.39 is 17.9 Å². The van der Waals surface area contributed by atoms with Crippen LogP contribution in [0, 0.1) is 5.82 Å². The van der Waals surface area contributed by atoms with Gasteiger partial charge < -0.3 is 15.5 Å². The van der Waals surface area contributed by atoms with Crippen molar-refractivity contribution in [2.75, 3.05) is 6.61 Å². The van der Waals surface area contributed by atoms with Gasteiger partial charge in [0.2, 0.25) is 5.91 Å². The third-order valence-electron chi connectivity index (χ3n) is 2.61. The Bertz CT molecular complexity index is 433. The smallest absolute Gasteiger partial charge is 0.326 e. The summed E-state index contributed by atoms with van der Waals surface area (Å²) in [4.78, 5) is 22.3. The number of halogens is 1. The number of carbonyl (C=O) groups is 2. The van der Waals surface area contributed by atoms with Crippen molar-refractivity contribution in [2.45, 2.75) is 25.3 Å². The molecule has 1 aromatic carbocycles. The van der Waals surface area contributed by atoms with Gasteiger partial charge in [0.25, 0.3) is 0 Å². The number of nitrogens with one attached hydrogen (secondary N) is 1. The van der Waals surface area contributed by atoms with Crippen LogP contribution in [-0.2, 0) is 16.0 Å². The fourth-order valence-corrected chi connectivity index (χ4v) is 1.56. The molecule has 1 atom stereocenters. The molecule has 0 radical (unpaired) electrons. The van der Waals surface area contributed by atoms with Gasteiger partial charge in [-0.2, -0.15) is 0 Å². The van der Waals surface area contributed by atoms with Crippen LogP contribution in [0.15, 0.2) is 24.3 Å². The van der Waals surface area contributed by atoms with E-state index in [0.717, 1.165) is 5.56 Å². The second-order valence-electron chi connectivity index (χ2n) is 4.10. The molecule has 0 aliphatic rings. The van der Waals surface area contributed by atoms with E-state index in [9.17, 15) is 14.0 Å². The first-order valence-corrected chi connectivity index (χ1v) is 5.90. The molecular formula is C13H16FNO4. The van der Waals surface area contributed by atoms with Crippen molar-refractivity contribution in [1.29, 1.82) is 0 Å². The molecule has 0 saturated heterocycles. The minimum absolute atomic E-state index is 0.0301. The second-order valence-corrected chi connectivity index (χ2v) is 4.10. The molecule has 0 spiro atoms. The van der Waals surface area contributed by atoms with Crippen molar-refractivity contribution in [2.24, 2.45) is 0 Å². The largest absolute Gasteiger partial charge is 0.480 e. The van der Waals surface area contributed by atoms with Gasteiger partial charge in [-0.25, -0.2) is 9.18 Å². The monoisotopic (exact) mass is 269 g/mol. The number of aliphatic hydroxyl groups is 1. The Kier molecular flexibility index (Phi) is 5.95. The van der Waals surface area contributed by atoms with Crippen molar-refractivity contribution in [3.63, 3.8) is 0 Å². The number of aliphatic hydroxyl groups excluding tert-OH is 1. The SMILES string of the molecule is O=C(CCc1ccc(F)cc1)N[C@@H](CCO)C(=O)O. The number of hydrogen-bond acceptors (Lipinski definition) is 3. The van der Waals surface area contributed by atoms with Crippen LogP contribution in [0.2, 0.25) is 0 Å². The lowest BCUT2D eigenvalue weighted by Gasteiger charge is -2.13. The van der Waals surface area contributed by atoms with Crippen LogP contribution in [0.4, 0.5) is 4.39 Å². The average Bonchev–Trinajstić information content (AvgIpc) is 2.37. The number of rotatable bonds is 7. The van der Waals surface area contributed by atoms with E-state index in [1.165, 1.54) is 12.1 Å². The Hall–Kier alpha value is -1.95. The fraction of sp³-hybridized carbons (Fsp3) is 0.385. The van der Waals surface area contributed by atoms with Gasteiger partial charge in [-0.3, -0.25) is 4.79 Å². The molecule has 0 aromatic heterocycles. The van der Waals surface area contributed by atoms with E-state index in [2.05, 4.69) is 5.32 Å². The van der Waals surface area contributed by atoms with Crippen LogP contribution in [0.1, 0.15) is 18.4 Å². The lowest BCUT2D eigenvalue weighted by atomic mass is 10.1. The lowest BCUT2D eigenvalue weighted by Crippen LogP contribution is -2.41. The Balaban J connectivity index is 2.42. The molecule has 0 aliphatic heterocycles. The third kappa shape index (κ3) is 5.48. The maximum atomic E-state index is 12.7. The van der Waals surface area contributed by atoms with Crippen LogP contribution in [0.5, 0.6) is 0 Å². The van der Waals surface area contributed by atoms with E-state index in [0.29, 0.717) is 6.42 Å². The van der Waals surface area contributed by atoms with Gasteiger partial charge >= 0.3 is 5.97 Å². The van der Waals surface area contributed by atoms with Gasteiger partial charge in [-0.15, -0.1) is 0 Å². The number of aryl methyl sites for hydroxylation is 1. The summed E-state index contributed by atoms with van der Waals surface area (Å²) in [5, 5.41) is 19.8. The standard InChI is InChI=1S/C13H16FNO4/c14-10-4-1-9(2-5-10)3-6-12(17)15-11(7-8-16)13(18)19/h1-2,4-5,11,16H,3,6-8H2,(H,15,17)(H,18,19)/t11-/m0/s1. The molecule has 0 unspecified atom stereocenters. The molecule has 0 fully saturated rings. The number of aliphatic carboxylic acids is 1. The molecule has 0 heterocycles. The number of benzene rings is 1. The summed E-state index contributed by atoms with van der Waals surface area (Å²) in [6, 6.07) is 4.68. The lowest BCUT2D eigenvalue weighted by molar-refractivity contribution is -0.142. The average molecular weight is 269 g/mol. The van der Waals surface area contributed by atoms with E-state index in [1.54, 1.807) is 12.1 Å². The minimum Gasteiger partial charge on any atom is -0.480 e. The maximum Gasteiger partial charge on any atom is 0.326 e. The molecule has 6 heteroatoms. The molecule has 5 nitrogen and oxygen atoms in total. The number of carbonyl (C=O) groups excluding carboxylic acids is 1. The van der Waals surface area contributed by atoms with Gasteiger partial charge in [0, 0.05) is 19.4 Å². The molecule has 0 aliphatic carbocycles. The summed E-state index contributed by atoms with van der Waals surface area (Å²) >= 11 is 0. The van der Waals surface area contributed by atoms with Gasteiger partial charge in [-0.05, 0) is 24.1 Å². The number of carboxylic acids is 1. The summed E-state index contributed by atoms with van der Waals surface area (Å²) in [6.07, 6.45) is 0.482. The Labute approximate surface area is 110 Å². The zero-order valence-corrected chi connectivity index (χ0v) is 10.3. The van der Waals surface area contributed by atoms with E-state index in [4.69, 9.17) is 10.2 Å². The van der Waals surface area contributed by atoms with Gasteiger partial charge in [-0.1, -0.05) is 12.1 Å². The topological polar surface area (TPSA) is 86.6 Å². The van der Waals surface area contributed by atoms with E-state index in [1.807, 2.05) is 0 Å². The first-order chi connectivity index (χ1) is 9.02. The van der Waals surface area contributed by atoms with Crippen LogP contribution >= 0.6 is 0 Å². The fourth-order valence-electron chi connectivity index (χ4n) is 1.56. The molecular weight excluding hydrogens is 253 g/mol. The van der Waals surface area contributed by atoms with E-state index >= 15 is 0 Å². The molecule has 1 aromatic rings. The molecule has 104 valence electrons. The second kappa shape index (κ2) is 7.48. The highest BCUT2D eigenvalue weighted by Crippen LogP contribution is 2.05. The van der Waals surface area contributed by atoms with Gasteiger partial charge in [0.05, 0.1) is 0 Å². The summed E-state index contributed by atoms with van der Waals surface area (Å²) in [6.45, 7) is -0.310. The van der Waals surface area contributed by atoms with Crippen LogP contribution < -0.4 is 5.32 Å². The van der Waals surface area contributed by atoms with Crippen molar-refractivity contribution >= 4 is 11.9 Å². The summed E-state index contributed by atoms with van der Waals surface area (Å²) in [5.74, 6) is -1.93. The number of carboxylic acid groups (broad SMARTS) is 1.